The highest BCUT2D eigenvalue weighted by Gasteiger charge is 2.23. The first-order valence-electron chi connectivity index (χ1n) is 6.83. The van der Waals surface area contributed by atoms with E-state index in [1.807, 2.05) is 11.0 Å². The quantitative estimate of drug-likeness (QED) is 0.735. The van der Waals surface area contributed by atoms with Crippen LogP contribution in [0.5, 0.6) is 0 Å². The van der Waals surface area contributed by atoms with Crippen molar-refractivity contribution in [3.8, 4) is 0 Å². The molecule has 0 aliphatic carbocycles. The minimum absolute atomic E-state index is 0.0836. The minimum atomic E-state index is -0.0836. The third-order valence-electron chi connectivity index (χ3n) is 3.40. The Labute approximate surface area is 128 Å². The zero-order chi connectivity index (χ0) is 14.9. The Morgan fingerprint density at radius 3 is 2.30 bits per heavy atom. The van der Waals surface area contributed by atoms with Gasteiger partial charge in [-0.1, -0.05) is 20.8 Å². The lowest BCUT2D eigenvalue weighted by Gasteiger charge is -2.35. The van der Waals surface area contributed by atoms with Crippen LogP contribution in [0.4, 0.5) is 5.82 Å². The second-order valence-electron chi connectivity index (χ2n) is 6.12. The summed E-state index contributed by atoms with van der Waals surface area (Å²) < 4.78 is 0.807. The Morgan fingerprint density at radius 1 is 1.20 bits per heavy atom. The van der Waals surface area contributed by atoms with E-state index in [0.717, 1.165) is 42.4 Å². The summed E-state index contributed by atoms with van der Waals surface area (Å²) in [6.07, 6.45) is 0. The van der Waals surface area contributed by atoms with E-state index in [9.17, 15) is 4.79 Å². The van der Waals surface area contributed by atoms with Crippen LogP contribution in [0, 0.1) is 0 Å². The van der Waals surface area contributed by atoms with Crippen molar-refractivity contribution >= 4 is 27.7 Å². The number of amides is 1. The molecule has 5 nitrogen and oxygen atoms in total. The van der Waals surface area contributed by atoms with Crippen LogP contribution in [-0.4, -0.2) is 47.0 Å². The highest BCUT2D eigenvalue weighted by atomic mass is 79.9. The Balaban J connectivity index is 2.18. The number of carbonyl (C=O) groups excluding carboxylic acids is 1. The first-order valence-corrected chi connectivity index (χ1v) is 7.62. The maximum absolute atomic E-state index is 11.4. The van der Waals surface area contributed by atoms with Gasteiger partial charge in [-0.2, -0.15) is 0 Å². The average Bonchev–Trinajstić information content (AvgIpc) is 2.37. The number of halogens is 1. The molecule has 0 spiro atoms. The lowest BCUT2D eigenvalue weighted by molar-refractivity contribution is -0.129. The van der Waals surface area contributed by atoms with Crippen LogP contribution in [0.2, 0.25) is 0 Å². The molecule has 1 aromatic heterocycles. The van der Waals surface area contributed by atoms with Gasteiger partial charge in [-0.3, -0.25) is 4.79 Å². The number of rotatable bonds is 1. The number of aromatic nitrogens is 2. The SMILES string of the molecule is CC(=O)N1CCN(c2cc(Br)nc(C(C)(C)C)n2)CC1. The van der Waals surface area contributed by atoms with E-state index >= 15 is 0 Å². The summed E-state index contributed by atoms with van der Waals surface area (Å²) in [7, 11) is 0. The summed E-state index contributed by atoms with van der Waals surface area (Å²) in [5.74, 6) is 1.90. The fourth-order valence-corrected chi connectivity index (χ4v) is 2.53. The zero-order valence-corrected chi connectivity index (χ0v) is 14.1. The molecule has 1 aliphatic rings. The van der Waals surface area contributed by atoms with Crippen LogP contribution >= 0.6 is 15.9 Å². The molecule has 1 aliphatic heterocycles. The van der Waals surface area contributed by atoms with Crippen molar-refractivity contribution in [2.45, 2.75) is 33.1 Å². The van der Waals surface area contributed by atoms with E-state index in [0.29, 0.717) is 0 Å². The fourth-order valence-electron chi connectivity index (χ4n) is 2.15. The van der Waals surface area contributed by atoms with Crippen molar-refractivity contribution in [2.75, 3.05) is 31.1 Å². The molecule has 1 aromatic rings. The van der Waals surface area contributed by atoms with Gasteiger partial charge in [0.25, 0.3) is 0 Å². The number of nitrogens with zero attached hydrogens (tertiary/aromatic N) is 4. The molecule has 0 saturated carbocycles. The third-order valence-corrected chi connectivity index (χ3v) is 3.81. The Kier molecular flexibility index (Phi) is 4.32. The van der Waals surface area contributed by atoms with Crippen molar-refractivity contribution in [3.63, 3.8) is 0 Å². The van der Waals surface area contributed by atoms with Gasteiger partial charge in [0.1, 0.15) is 16.2 Å². The van der Waals surface area contributed by atoms with E-state index in [2.05, 4.69) is 51.6 Å². The largest absolute Gasteiger partial charge is 0.353 e. The standard InChI is InChI=1S/C14H21BrN4O/c1-10(20)18-5-7-19(8-6-18)12-9-11(15)16-13(17-12)14(2,3)4/h9H,5-8H2,1-4H3. The molecule has 2 heterocycles. The van der Waals surface area contributed by atoms with Crippen molar-refractivity contribution in [1.82, 2.24) is 14.9 Å². The normalized spacial score (nSPS) is 16.4. The Hall–Kier alpha value is -1.17. The lowest BCUT2D eigenvalue weighted by Crippen LogP contribution is -2.48. The molecule has 0 aromatic carbocycles. The number of anilines is 1. The second-order valence-corrected chi connectivity index (χ2v) is 6.93. The third kappa shape index (κ3) is 3.48. The summed E-state index contributed by atoms with van der Waals surface area (Å²) in [5, 5.41) is 0. The maximum Gasteiger partial charge on any atom is 0.219 e. The number of carbonyl (C=O) groups is 1. The van der Waals surface area contributed by atoms with Gasteiger partial charge >= 0.3 is 0 Å². The maximum atomic E-state index is 11.4. The molecule has 1 amide bonds. The highest BCUT2D eigenvalue weighted by molar-refractivity contribution is 9.10. The van der Waals surface area contributed by atoms with Gasteiger partial charge in [-0.25, -0.2) is 9.97 Å². The molecule has 0 atom stereocenters. The minimum Gasteiger partial charge on any atom is -0.353 e. The molecule has 0 unspecified atom stereocenters. The van der Waals surface area contributed by atoms with E-state index in [-0.39, 0.29) is 11.3 Å². The highest BCUT2D eigenvalue weighted by Crippen LogP contribution is 2.24. The van der Waals surface area contributed by atoms with E-state index < -0.39 is 0 Å². The summed E-state index contributed by atoms with van der Waals surface area (Å²) >= 11 is 3.46. The second kappa shape index (κ2) is 5.68. The lowest BCUT2D eigenvalue weighted by atomic mass is 9.96. The zero-order valence-electron chi connectivity index (χ0n) is 12.5. The fraction of sp³-hybridized carbons (Fsp3) is 0.643. The van der Waals surface area contributed by atoms with Crippen molar-refractivity contribution < 1.29 is 4.79 Å². The summed E-state index contributed by atoms with van der Waals surface area (Å²) in [4.78, 5) is 24.6. The number of hydrogen-bond donors (Lipinski definition) is 0. The molecule has 1 fully saturated rings. The van der Waals surface area contributed by atoms with Crippen LogP contribution in [-0.2, 0) is 10.2 Å². The average molecular weight is 341 g/mol. The van der Waals surface area contributed by atoms with Gasteiger partial charge in [0, 0.05) is 44.6 Å². The molecule has 110 valence electrons. The molecular formula is C14H21BrN4O. The number of hydrogen-bond acceptors (Lipinski definition) is 4. The summed E-state index contributed by atoms with van der Waals surface area (Å²) in [6, 6.07) is 1.94. The topological polar surface area (TPSA) is 49.3 Å². The smallest absolute Gasteiger partial charge is 0.219 e. The van der Waals surface area contributed by atoms with E-state index in [4.69, 9.17) is 0 Å². The summed E-state index contributed by atoms with van der Waals surface area (Å²) in [6.45, 7) is 11.1. The van der Waals surface area contributed by atoms with Gasteiger partial charge in [0.15, 0.2) is 0 Å². The predicted octanol–water partition coefficient (Wildman–Crippen LogP) is 2.21. The van der Waals surface area contributed by atoms with Crippen LogP contribution < -0.4 is 4.90 Å². The van der Waals surface area contributed by atoms with Gasteiger partial charge < -0.3 is 9.80 Å². The van der Waals surface area contributed by atoms with Crippen molar-refractivity contribution in [2.24, 2.45) is 0 Å². The Morgan fingerprint density at radius 2 is 1.80 bits per heavy atom. The molecule has 0 bridgehead atoms. The summed E-state index contributed by atoms with van der Waals surface area (Å²) in [5.41, 5.74) is -0.0836. The van der Waals surface area contributed by atoms with E-state index in [1.165, 1.54) is 0 Å². The van der Waals surface area contributed by atoms with Crippen LogP contribution in [0.25, 0.3) is 0 Å². The molecule has 2 rings (SSSR count). The molecule has 0 N–H and O–H groups in total. The van der Waals surface area contributed by atoms with Crippen molar-refractivity contribution in [3.05, 3.63) is 16.5 Å². The molecule has 0 radical (unpaired) electrons. The first-order chi connectivity index (χ1) is 9.27. The monoisotopic (exact) mass is 340 g/mol. The van der Waals surface area contributed by atoms with Gasteiger partial charge in [0.05, 0.1) is 0 Å². The molecular weight excluding hydrogens is 320 g/mol. The van der Waals surface area contributed by atoms with Crippen molar-refractivity contribution in [1.29, 1.82) is 0 Å². The van der Waals surface area contributed by atoms with Crippen LogP contribution in [0.1, 0.15) is 33.5 Å². The van der Waals surface area contributed by atoms with Crippen LogP contribution in [0.3, 0.4) is 0 Å². The Bertz CT molecular complexity index is 504. The molecule has 20 heavy (non-hydrogen) atoms. The van der Waals surface area contributed by atoms with Gasteiger partial charge in [-0.05, 0) is 15.9 Å². The predicted molar refractivity (Wildman–Crippen MR) is 82.9 cm³/mol. The van der Waals surface area contributed by atoms with E-state index in [1.54, 1.807) is 6.92 Å². The number of piperazine rings is 1. The van der Waals surface area contributed by atoms with Gasteiger partial charge in [0.2, 0.25) is 5.91 Å². The first kappa shape index (κ1) is 15.2. The molecule has 1 saturated heterocycles. The van der Waals surface area contributed by atoms with Crippen LogP contribution in [0.15, 0.2) is 10.7 Å². The van der Waals surface area contributed by atoms with Gasteiger partial charge in [-0.15, -0.1) is 0 Å². The molecule has 6 heteroatoms.